The Bertz CT molecular complexity index is 996. The molecule has 1 aliphatic heterocycles. The molecule has 0 bridgehead atoms. The lowest BCUT2D eigenvalue weighted by molar-refractivity contribution is -0.122. The first kappa shape index (κ1) is 18.5. The molecule has 4 rings (SSSR count). The van der Waals surface area contributed by atoms with Gasteiger partial charge in [0.25, 0.3) is 5.91 Å². The number of carbonyl (C=O) groups is 1. The molecule has 2 heterocycles. The highest BCUT2D eigenvalue weighted by Gasteiger charge is 2.32. The van der Waals surface area contributed by atoms with E-state index in [1.807, 2.05) is 66.7 Å². The molecule has 1 aliphatic rings. The zero-order valence-corrected chi connectivity index (χ0v) is 16.5. The standard InChI is InChI=1S/C22H17NO3S2/c24-21-20(28-22(27)23(21)14-19-7-4-12-25-19)13-16-8-10-18(11-9-16)26-15-17-5-2-1-3-6-17/h1-13H,14-15H2/b20-13-. The quantitative estimate of drug-likeness (QED) is 0.412. The van der Waals surface area contributed by atoms with Gasteiger partial charge in [-0.05, 0) is 41.5 Å². The van der Waals surface area contributed by atoms with Crippen LogP contribution in [-0.4, -0.2) is 15.1 Å². The van der Waals surface area contributed by atoms with Crippen molar-refractivity contribution >= 4 is 40.3 Å². The van der Waals surface area contributed by atoms with Crippen LogP contribution in [0.4, 0.5) is 0 Å². The van der Waals surface area contributed by atoms with E-state index in [1.54, 1.807) is 17.2 Å². The second-order valence-electron chi connectivity index (χ2n) is 6.19. The third-order valence-electron chi connectivity index (χ3n) is 4.19. The van der Waals surface area contributed by atoms with Gasteiger partial charge in [-0.25, -0.2) is 0 Å². The van der Waals surface area contributed by atoms with Crippen LogP contribution in [0, 0.1) is 0 Å². The molecule has 28 heavy (non-hydrogen) atoms. The van der Waals surface area contributed by atoms with Crippen LogP contribution in [0.5, 0.6) is 5.75 Å². The summed E-state index contributed by atoms with van der Waals surface area (Å²) in [6, 6.07) is 21.3. The summed E-state index contributed by atoms with van der Waals surface area (Å²) in [4.78, 5) is 14.8. The van der Waals surface area contributed by atoms with Crippen molar-refractivity contribution in [2.45, 2.75) is 13.2 Å². The second kappa shape index (κ2) is 8.46. The highest BCUT2D eigenvalue weighted by Crippen LogP contribution is 2.33. The Kier molecular flexibility index (Phi) is 5.60. The van der Waals surface area contributed by atoms with Gasteiger partial charge in [0.2, 0.25) is 0 Å². The topological polar surface area (TPSA) is 42.7 Å². The highest BCUT2D eigenvalue weighted by atomic mass is 32.2. The lowest BCUT2D eigenvalue weighted by Gasteiger charge is -2.12. The van der Waals surface area contributed by atoms with Crippen LogP contribution < -0.4 is 4.74 Å². The molecule has 1 fully saturated rings. The van der Waals surface area contributed by atoms with Crippen LogP contribution in [0.15, 0.2) is 82.3 Å². The van der Waals surface area contributed by atoms with E-state index in [2.05, 4.69) is 0 Å². The van der Waals surface area contributed by atoms with Crippen molar-refractivity contribution < 1.29 is 13.9 Å². The van der Waals surface area contributed by atoms with E-state index < -0.39 is 0 Å². The molecule has 3 aromatic rings. The van der Waals surface area contributed by atoms with Gasteiger partial charge in [-0.3, -0.25) is 9.69 Å². The molecule has 0 aliphatic carbocycles. The van der Waals surface area contributed by atoms with Crippen molar-refractivity contribution in [1.82, 2.24) is 4.90 Å². The first-order valence-corrected chi connectivity index (χ1v) is 9.96. The van der Waals surface area contributed by atoms with Crippen LogP contribution in [-0.2, 0) is 17.9 Å². The van der Waals surface area contributed by atoms with E-state index in [4.69, 9.17) is 21.4 Å². The molecule has 1 saturated heterocycles. The maximum absolute atomic E-state index is 12.7. The first-order valence-electron chi connectivity index (χ1n) is 8.73. The van der Waals surface area contributed by atoms with Crippen LogP contribution in [0.3, 0.4) is 0 Å². The van der Waals surface area contributed by atoms with Gasteiger partial charge in [0.05, 0.1) is 17.7 Å². The highest BCUT2D eigenvalue weighted by molar-refractivity contribution is 8.26. The number of benzene rings is 2. The van der Waals surface area contributed by atoms with Gasteiger partial charge in [0, 0.05) is 0 Å². The Morgan fingerprint density at radius 2 is 1.82 bits per heavy atom. The minimum absolute atomic E-state index is 0.101. The van der Waals surface area contributed by atoms with Gasteiger partial charge < -0.3 is 9.15 Å². The van der Waals surface area contributed by atoms with Crippen LogP contribution in [0.1, 0.15) is 16.9 Å². The molecule has 140 valence electrons. The van der Waals surface area contributed by atoms with E-state index in [9.17, 15) is 4.79 Å². The number of hydrogen-bond acceptors (Lipinski definition) is 5. The van der Waals surface area contributed by atoms with Crippen LogP contribution in [0.25, 0.3) is 6.08 Å². The maximum atomic E-state index is 12.7. The second-order valence-corrected chi connectivity index (χ2v) is 7.87. The van der Waals surface area contributed by atoms with Crippen molar-refractivity contribution in [3.05, 3.63) is 94.8 Å². The van der Waals surface area contributed by atoms with E-state index in [-0.39, 0.29) is 5.91 Å². The van der Waals surface area contributed by atoms with E-state index in [0.717, 1.165) is 16.9 Å². The summed E-state index contributed by atoms with van der Waals surface area (Å²) in [5.41, 5.74) is 2.04. The van der Waals surface area contributed by atoms with E-state index in [0.29, 0.717) is 28.1 Å². The molecule has 0 unspecified atom stereocenters. The third-order valence-corrected chi connectivity index (χ3v) is 5.57. The predicted molar refractivity (Wildman–Crippen MR) is 115 cm³/mol. The van der Waals surface area contributed by atoms with Crippen molar-refractivity contribution in [3.63, 3.8) is 0 Å². The molecule has 1 aromatic heterocycles. The number of furan rings is 1. The fourth-order valence-electron chi connectivity index (χ4n) is 2.75. The summed E-state index contributed by atoms with van der Waals surface area (Å²) in [6.45, 7) is 0.868. The molecule has 1 amide bonds. The zero-order chi connectivity index (χ0) is 19.3. The molecular formula is C22H17NO3S2. The molecule has 2 aromatic carbocycles. The van der Waals surface area contributed by atoms with Crippen molar-refractivity contribution in [2.75, 3.05) is 0 Å². The zero-order valence-electron chi connectivity index (χ0n) is 14.9. The molecule has 0 N–H and O–H groups in total. The smallest absolute Gasteiger partial charge is 0.266 e. The number of thioether (sulfide) groups is 1. The Balaban J connectivity index is 1.41. The SMILES string of the molecule is O=C1/C(=C/c2ccc(OCc3ccccc3)cc2)SC(=S)N1Cc1ccco1. The maximum Gasteiger partial charge on any atom is 0.266 e. The van der Waals surface area contributed by atoms with Crippen LogP contribution >= 0.6 is 24.0 Å². The minimum Gasteiger partial charge on any atom is -0.489 e. The Hall–Kier alpha value is -2.83. The molecule has 0 saturated carbocycles. The normalized spacial score (nSPS) is 15.4. The number of rotatable bonds is 6. The molecular weight excluding hydrogens is 390 g/mol. The summed E-state index contributed by atoms with van der Waals surface area (Å²) in [7, 11) is 0. The monoisotopic (exact) mass is 407 g/mol. The summed E-state index contributed by atoms with van der Waals surface area (Å²) in [5, 5.41) is 0. The number of nitrogens with zero attached hydrogens (tertiary/aromatic N) is 1. The summed E-state index contributed by atoms with van der Waals surface area (Å²) < 4.78 is 11.7. The molecule has 0 spiro atoms. The number of carbonyl (C=O) groups excluding carboxylic acids is 1. The predicted octanol–water partition coefficient (Wildman–Crippen LogP) is 5.26. The van der Waals surface area contributed by atoms with Gasteiger partial charge in [-0.1, -0.05) is 66.4 Å². The average molecular weight is 408 g/mol. The van der Waals surface area contributed by atoms with Crippen LogP contribution in [0.2, 0.25) is 0 Å². The largest absolute Gasteiger partial charge is 0.489 e. The van der Waals surface area contributed by atoms with Gasteiger partial charge in [-0.15, -0.1) is 0 Å². The van der Waals surface area contributed by atoms with Gasteiger partial charge in [0.15, 0.2) is 0 Å². The van der Waals surface area contributed by atoms with E-state index in [1.165, 1.54) is 11.8 Å². The Labute approximate surface area is 172 Å². The molecule has 4 nitrogen and oxygen atoms in total. The van der Waals surface area contributed by atoms with E-state index >= 15 is 0 Å². The molecule has 6 heteroatoms. The fourth-order valence-corrected chi connectivity index (χ4v) is 4.00. The lowest BCUT2D eigenvalue weighted by atomic mass is 10.2. The number of thiocarbonyl (C=S) groups is 1. The minimum atomic E-state index is -0.101. The molecule has 0 atom stereocenters. The average Bonchev–Trinajstić information content (AvgIpc) is 3.33. The molecule has 0 radical (unpaired) electrons. The van der Waals surface area contributed by atoms with Gasteiger partial charge >= 0.3 is 0 Å². The summed E-state index contributed by atoms with van der Waals surface area (Å²) in [5.74, 6) is 1.39. The van der Waals surface area contributed by atoms with Crippen molar-refractivity contribution in [3.8, 4) is 5.75 Å². The van der Waals surface area contributed by atoms with Crippen molar-refractivity contribution in [2.24, 2.45) is 0 Å². The summed E-state index contributed by atoms with van der Waals surface area (Å²) in [6.07, 6.45) is 3.44. The van der Waals surface area contributed by atoms with Crippen molar-refractivity contribution in [1.29, 1.82) is 0 Å². The van der Waals surface area contributed by atoms with Gasteiger partial charge in [-0.2, -0.15) is 0 Å². The first-order chi connectivity index (χ1) is 13.7. The Morgan fingerprint density at radius 3 is 2.54 bits per heavy atom. The number of hydrogen-bond donors (Lipinski definition) is 0. The van der Waals surface area contributed by atoms with Gasteiger partial charge in [0.1, 0.15) is 22.4 Å². The Morgan fingerprint density at radius 1 is 1.04 bits per heavy atom. The fraction of sp³-hybridized carbons (Fsp3) is 0.0909. The lowest BCUT2D eigenvalue weighted by Crippen LogP contribution is -2.27. The number of ether oxygens (including phenoxy) is 1. The number of amides is 1. The third kappa shape index (κ3) is 4.35. The summed E-state index contributed by atoms with van der Waals surface area (Å²) >= 11 is 6.66.